The number of amides is 1. The molecular formula is C19H19F3N2O5S. The maximum absolute atomic E-state index is 13.1. The second-order valence-electron chi connectivity index (χ2n) is 6.33. The average Bonchev–Trinajstić information content (AvgIpc) is 2.71. The largest absolute Gasteiger partial charge is 0.486 e. The molecule has 0 spiro atoms. The molecule has 1 N–H and O–H groups in total. The molecule has 7 nitrogen and oxygen atoms in total. The molecule has 0 saturated carbocycles. The molecule has 0 atom stereocenters. The van der Waals surface area contributed by atoms with Crippen molar-refractivity contribution < 1.29 is 35.9 Å². The van der Waals surface area contributed by atoms with Crippen LogP contribution in [0.25, 0.3) is 0 Å². The van der Waals surface area contributed by atoms with Crippen molar-refractivity contribution >= 4 is 27.3 Å². The minimum absolute atomic E-state index is 0.139. The van der Waals surface area contributed by atoms with Crippen molar-refractivity contribution in [3.8, 4) is 11.5 Å². The fraction of sp³-hybridized carbons (Fsp3) is 0.316. The molecule has 1 amide bonds. The lowest BCUT2D eigenvalue weighted by atomic mass is 10.1. The van der Waals surface area contributed by atoms with Gasteiger partial charge in [0.15, 0.2) is 11.5 Å². The number of nitrogens with one attached hydrogen (secondary N) is 1. The first kappa shape index (κ1) is 21.8. The van der Waals surface area contributed by atoms with Gasteiger partial charge in [0, 0.05) is 6.07 Å². The Bertz CT molecular complexity index is 1040. The fourth-order valence-corrected chi connectivity index (χ4v) is 3.91. The smallest absolute Gasteiger partial charge is 0.418 e. The van der Waals surface area contributed by atoms with Gasteiger partial charge in [-0.1, -0.05) is 12.1 Å². The van der Waals surface area contributed by atoms with E-state index in [0.717, 1.165) is 16.4 Å². The summed E-state index contributed by atoms with van der Waals surface area (Å²) in [6, 6.07) is 8.84. The second-order valence-corrected chi connectivity index (χ2v) is 8.51. The maximum Gasteiger partial charge on any atom is 0.418 e. The summed E-state index contributed by atoms with van der Waals surface area (Å²) in [7, 11) is -3.91. The number of halogens is 3. The summed E-state index contributed by atoms with van der Waals surface area (Å²) in [4.78, 5) is 12.5. The number of para-hydroxylation sites is 1. The van der Waals surface area contributed by atoms with Crippen LogP contribution in [0.5, 0.6) is 11.5 Å². The van der Waals surface area contributed by atoms with Crippen molar-refractivity contribution in [2.45, 2.75) is 13.1 Å². The van der Waals surface area contributed by atoms with E-state index in [1.165, 1.54) is 37.3 Å². The van der Waals surface area contributed by atoms with Gasteiger partial charge in [-0.3, -0.25) is 9.10 Å². The molecule has 3 rings (SSSR count). The van der Waals surface area contributed by atoms with Gasteiger partial charge in [-0.2, -0.15) is 13.2 Å². The van der Waals surface area contributed by atoms with Crippen molar-refractivity contribution in [2.24, 2.45) is 0 Å². The van der Waals surface area contributed by atoms with Crippen molar-refractivity contribution in [2.75, 3.05) is 35.1 Å². The molecule has 0 aliphatic carbocycles. The number of anilines is 2. The van der Waals surface area contributed by atoms with E-state index in [1.807, 2.05) is 0 Å². The number of rotatable bonds is 6. The standard InChI is InChI=1S/C19H19F3N2O5S/c1-2-30(26,27)24(13-7-8-16-17(11-13)29-10-9-28-16)12-18(25)23-15-6-4-3-5-14(15)19(20,21)22/h3-8,11H,2,9-10,12H2,1H3,(H,23,25). The summed E-state index contributed by atoms with van der Waals surface area (Å²) in [5.41, 5.74) is -1.34. The van der Waals surface area contributed by atoms with Crippen LogP contribution >= 0.6 is 0 Å². The Morgan fingerprint density at radius 2 is 1.77 bits per heavy atom. The summed E-state index contributed by atoms with van der Waals surface area (Å²) < 4.78 is 76.3. The number of alkyl halides is 3. The van der Waals surface area contributed by atoms with Crippen molar-refractivity contribution in [1.82, 2.24) is 0 Å². The fourth-order valence-electron chi connectivity index (χ4n) is 2.85. The predicted octanol–water partition coefficient (Wildman–Crippen LogP) is 3.27. The first-order valence-corrected chi connectivity index (χ1v) is 10.6. The Morgan fingerprint density at radius 1 is 1.10 bits per heavy atom. The highest BCUT2D eigenvalue weighted by molar-refractivity contribution is 7.92. The zero-order valence-corrected chi connectivity index (χ0v) is 16.7. The van der Waals surface area contributed by atoms with E-state index in [1.54, 1.807) is 0 Å². The van der Waals surface area contributed by atoms with Crippen LogP contribution in [0, 0.1) is 0 Å². The Morgan fingerprint density at radius 3 is 2.43 bits per heavy atom. The molecule has 0 radical (unpaired) electrons. The van der Waals surface area contributed by atoms with E-state index >= 15 is 0 Å². The van der Waals surface area contributed by atoms with Gasteiger partial charge in [0.1, 0.15) is 19.8 Å². The van der Waals surface area contributed by atoms with Crippen LogP contribution in [-0.4, -0.2) is 39.8 Å². The first-order chi connectivity index (χ1) is 14.1. The monoisotopic (exact) mass is 444 g/mol. The summed E-state index contributed by atoms with van der Waals surface area (Å²) in [6.07, 6.45) is -4.67. The highest BCUT2D eigenvalue weighted by Gasteiger charge is 2.34. The number of carbonyl (C=O) groups excluding carboxylic acids is 1. The van der Waals surface area contributed by atoms with Crippen molar-refractivity contribution in [3.05, 3.63) is 48.0 Å². The van der Waals surface area contributed by atoms with Gasteiger partial charge in [-0.05, 0) is 31.2 Å². The zero-order chi connectivity index (χ0) is 21.9. The van der Waals surface area contributed by atoms with E-state index in [4.69, 9.17) is 9.47 Å². The molecule has 162 valence electrons. The third-order valence-electron chi connectivity index (χ3n) is 4.31. The number of carbonyl (C=O) groups is 1. The molecule has 0 fully saturated rings. The van der Waals surface area contributed by atoms with Crippen LogP contribution in [0.1, 0.15) is 12.5 Å². The molecule has 2 aromatic rings. The van der Waals surface area contributed by atoms with Gasteiger partial charge in [-0.15, -0.1) is 0 Å². The Kier molecular flexibility index (Phi) is 6.11. The second kappa shape index (κ2) is 8.42. The van der Waals surface area contributed by atoms with Crippen molar-refractivity contribution in [1.29, 1.82) is 0 Å². The third-order valence-corrected chi connectivity index (χ3v) is 6.05. The summed E-state index contributed by atoms with van der Waals surface area (Å²) in [6.45, 7) is 1.33. The van der Waals surface area contributed by atoms with E-state index < -0.39 is 39.9 Å². The van der Waals surface area contributed by atoms with Gasteiger partial charge >= 0.3 is 6.18 Å². The quantitative estimate of drug-likeness (QED) is 0.739. The molecule has 30 heavy (non-hydrogen) atoms. The first-order valence-electron chi connectivity index (χ1n) is 8.98. The number of hydrogen-bond donors (Lipinski definition) is 1. The minimum Gasteiger partial charge on any atom is -0.486 e. The van der Waals surface area contributed by atoms with Gasteiger partial charge in [0.25, 0.3) is 0 Å². The summed E-state index contributed by atoms with van der Waals surface area (Å²) in [5.74, 6) is -0.479. The lowest BCUT2D eigenvalue weighted by Gasteiger charge is -2.26. The van der Waals surface area contributed by atoms with Crippen LogP contribution < -0.4 is 19.1 Å². The van der Waals surface area contributed by atoms with Gasteiger partial charge in [0.2, 0.25) is 15.9 Å². The number of ether oxygens (including phenoxy) is 2. The SMILES string of the molecule is CCS(=O)(=O)N(CC(=O)Nc1ccccc1C(F)(F)F)c1ccc2c(c1)OCCO2. The molecule has 11 heteroatoms. The topological polar surface area (TPSA) is 84.9 Å². The van der Waals surface area contributed by atoms with Gasteiger partial charge in [-0.25, -0.2) is 8.42 Å². The van der Waals surface area contributed by atoms with Crippen molar-refractivity contribution in [3.63, 3.8) is 0 Å². The Balaban J connectivity index is 1.88. The molecule has 1 aliphatic rings. The third kappa shape index (κ3) is 4.78. The predicted molar refractivity (Wildman–Crippen MR) is 104 cm³/mol. The normalized spacial score (nSPS) is 13.6. The van der Waals surface area contributed by atoms with E-state index in [2.05, 4.69) is 5.32 Å². The van der Waals surface area contributed by atoms with Gasteiger partial charge in [0.05, 0.1) is 22.7 Å². The van der Waals surface area contributed by atoms with E-state index in [9.17, 15) is 26.4 Å². The molecule has 1 heterocycles. The lowest BCUT2D eigenvalue weighted by Crippen LogP contribution is -2.39. The molecule has 0 unspecified atom stereocenters. The summed E-state index contributed by atoms with van der Waals surface area (Å²) in [5, 5.41) is 2.15. The number of fused-ring (bicyclic) bond motifs is 1. The Hall–Kier alpha value is -2.95. The number of benzene rings is 2. The minimum atomic E-state index is -4.67. The Labute approximate surface area is 171 Å². The molecule has 0 bridgehead atoms. The van der Waals surface area contributed by atoms with E-state index in [-0.39, 0.29) is 18.0 Å². The zero-order valence-electron chi connectivity index (χ0n) is 15.9. The summed E-state index contributed by atoms with van der Waals surface area (Å²) >= 11 is 0. The van der Waals surface area contributed by atoms with Crippen LogP contribution in [-0.2, 0) is 21.0 Å². The molecule has 1 aliphatic heterocycles. The molecule has 0 aromatic heterocycles. The highest BCUT2D eigenvalue weighted by atomic mass is 32.2. The van der Waals surface area contributed by atoms with Crippen LogP contribution in [0.15, 0.2) is 42.5 Å². The molecular weight excluding hydrogens is 425 g/mol. The lowest BCUT2D eigenvalue weighted by molar-refractivity contribution is -0.137. The van der Waals surface area contributed by atoms with Gasteiger partial charge < -0.3 is 14.8 Å². The average molecular weight is 444 g/mol. The molecule has 0 saturated heterocycles. The number of sulfonamides is 1. The van der Waals surface area contributed by atoms with Crippen LogP contribution in [0.3, 0.4) is 0 Å². The maximum atomic E-state index is 13.1. The number of nitrogens with zero attached hydrogens (tertiary/aromatic N) is 1. The van der Waals surface area contributed by atoms with Crippen LogP contribution in [0.4, 0.5) is 24.5 Å². The molecule has 2 aromatic carbocycles. The highest BCUT2D eigenvalue weighted by Crippen LogP contribution is 2.36. The van der Waals surface area contributed by atoms with E-state index in [0.29, 0.717) is 18.1 Å². The number of hydrogen-bond acceptors (Lipinski definition) is 5. The van der Waals surface area contributed by atoms with Crippen LogP contribution in [0.2, 0.25) is 0 Å².